The molecule has 0 N–H and O–H groups in total. The minimum absolute atomic E-state index is 0.175. The van der Waals surface area contributed by atoms with E-state index in [0.717, 1.165) is 0 Å². The minimum atomic E-state index is -0.654. The summed E-state index contributed by atoms with van der Waals surface area (Å²) in [5.74, 6) is -1.38. The Bertz CT molecular complexity index is 801. The van der Waals surface area contributed by atoms with Crippen molar-refractivity contribution in [2.75, 3.05) is 33.3 Å². The molecule has 1 fully saturated rings. The van der Waals surface area contributed by atoms with Gasteiger partial charge in [-0.3, -0.25) is 9.69 Å². The van der Waals surface area contributed by atoms with Crippen LogP contribution in [-0.2, 0) is 9.53 Å². The Kier molecular flexibility index (Phi) is 5.81. The fourth-order valence-electron chi connectivity index (χ4n) is 3.21. The lowest BCUT2D eigenvalue weighted by Crippen LogP contribution is -2.51. The minimum Gasteiger partial charge on any atom is -0.468 e. The van der Waals surface area contributed by atoms with Gasteiger partial charge in [0.1, 0.15) is 17.7 Å². The van der Waals surface area contributed by atoms with Gasteiger partial charge in [0.25, 0.3) is 5.91 Å². The Morgan fingerprint density at radius 1 is 0.889 bits per heavy atom. The summed E-state index contributed by atoms with van der Waals surface area (Å²) in [6, 6.07) is 10.5. The lowest BCUT2D eigenvalue weighted by molar-refractivity contribution is -0.148. The van der Waals surface area contributed by atoms with Crippen LogP contribution in [0.3, 0.4) is 0 Å². The largest absolute Gasteiger partial charge is 0.468 e. The third kappa shape index (κ3) is 4.31. The molecule has 3 rings (SSSR count). The van der Waals surface area contributed by atoms with Crippen molar-refractivity contribution in [3.8, 4) is 0 Å². The number of hydrogen-bond acceptors (Lipinski definition) is 4. The van der Waals surface area contributed by atoms with Gasteiger partial charge in [-0.2, -0.15) is 0 Å². The summed E-state index contributed by atoms with van der Waals surface area (Å²) >= 11 is 0. The number of halogens is 2. The van der Waals surface area contributed by atoms with Crippen LogP contribution in [0, 0.1) is 11.6 Å². The predicted octanol–water partition coefficient (Wildman–Crippen LogP) is 2.64. The van der Waals surface area contributed by atoms with Crippen molar-refractivity contribution in [1.82, 2.24) is 9.80 Å². The summed E-state index contributed by atoms with van der Waals surface area (Å²) in [4.78, 5) is 28.4. The number of hydrogen-bond donors (Lipinski definition) is 0. The molecule has 1 unspecified atom stereocenters. The molecule has 1 amide bonds. The highest BCUT2D eigenvalue weighted by Gasteiger charge is 2.32. The number of esters is 1. The van der Waals surface area contributed by atoms with Gasteiger partial charge in [-0.05, 0) is 42.0 Å². The number of ether oxygens (including phenoxy) is 1. The fraction of sp³-hybridized carbons (Fsp3) is 0.300. The van der Waals surface area contributed by atoms with Crippen LogP contribution in [0.5, 0.6) is 0 Å². The molecule has 1 aliphatic rings. The van der Waals surface area contributed by atoms with Crippen molar-refractivity contribution in [1.29, 1.82) is 0 Å². The van der Waals surface area contributed by atoms with Crippen LogP contribution in [0.1, 0.15) is 22.0 Å². The maximum Gasteiger partial charge on any atom is 0.327 e. The van der Waals surface area contributed by atoms with E-state index in [9.17, 15) is 18.4 Å². The molecule has 0 aromatic heterocycles. The average molecular weight is 374 g/mol. The van der Waals surface area contributed by atoms with Gasteiger partial charge in [-0.25, -0.2) is 13.6 Å². The smallest absolute Gasteiger partial charge is 0.327 e. The van der Waals surface area contributed by atoms with E-state index in [-0.39, 0.29) is 11.7 Å². The van der Waals surface area contributed by atoms with Crippen molar-refractivity contribution in [2.24, 2.45) is 0 Å². The first-order valence-corrected chi connectivity index (χ1v) is 8.62. The molecule has 142 valence electrons. The van der Waals surface area contributed by atoms with Gasteiger partial charge in [-0.1, -0.05) is 12.1 Å². The average Bonchev–Trinajstić information content (AvgIpc) is 2.70. The van der Waals surface area contributed by atoms with Crippen LogP contribution < -0.4 is 0 Å². The Labute approximate surface area is 156 Å². The molecule has 0 spiro atoms. The Morgan fingerprint density at radius 3 is 1.93 bits per heavy atom. The van der Waals surface area contributed by atoms with E-state index in [1.807, 2.05) is 4.90 Å². The van der Waals surface area contributed by atoms with Crippen molar-refractivity contribution >= 4 is 11.9 Å². The number of carbonyl (C=O) groups excluding carboxylic acids is 2. The van der Waals surface area contributed by atoms with E-state index < -0.39 is 17.8 Å². The molecule has 2 aromatic carbocycles. The highest BCUT2D eigenvalue weighted by Crippen LogP contribution is 2.24. The van der Waals surface area contributed by atoms with Crippen molar-refractivity contribution in [3.63, 3.8) is 0 Å². The zero-order chi connectivity index (χ0) is 19.4. The summed E-state index contributed by atoms with van der Waals surface area (Å²) in [5.41, 5.74) is 1.06. The molecule has 0 saturated carbocycles. The van der Waals surface area contributed by atoms with Gasteiger partial charge in [-0.15, -0.1) is 0 Å². The van der Waals surface area contributed by atoms with Gasteiger partial charge >= 0.3 is 5.97 Å². The molecule has 7 heteroatoms. The lowest BCUT2D eigenvalue weighted by atomic mass is 10.0. The maximum absolute atomic E-state index is 13.2. The molecule has 27 heavy (non-hydrogen) atoms. The lowest BCUT2D eigenvalue weighted by Gasteiger charge is -2.38. The van der Waals surface area contributed by atoms with E-state index in [2.05, 4.69) is 0 Å². The first-order valence-electron chi connectivity index (χ1n) is 8.62. The monoisotopic (exact) mass is 374 g/mol. The van der Waals surface area contributed by atoms with Crippen molar-refractivity contribution in [2.45, 2.75) is 6.04 Å². The van der Waals surface area contributed by atoms with Crippen LogP contribution in [-0.4, -0.2) is 55.0 Å². The predicted molar refractivity (Wildman–Crippen MR) is 95.0 cm³/mol. The molecule has 0 radical (unpaired) electrons. The van der Waals surface area contributed by atoms with E-state index in [1.165, 1.54) is 43.5 Å². The number of rotatable bonds is 4. The van der Waals surface area contributed by atoms with E-state index in [4.69, 9.17) is 4.74 Å². The number of piperazine rings is 1. The van der Waals surface area contributed by atoms with E-state index in [1.54, 1.807) is 17.0 Å². The van der Waals surface area contributed by atoms with Crippen LogP contribution in [0.4, 0.5) is 8.78 Å². The van der Waals surface area contributed by atoms with Crippen LogP contribution in [0.2, 0.25) is 0 Å². The molecular formula is C20H20F2N2O3. The summed E-state index contributed by atoms with van der Waals surface area (Å²) in [6.45, 7) is 1.77. The molecule has 1 heterocycles. The quantitative estimate of drug-likeness (QED) is 0.772. The molecule has 2 aromatic rings. The first kappa shape index (κ1) is 19.0. The number of methoxy groups -OCH3 is 1. The summed E-state index contributed by atoms with van der Waals surface area (Å²) in [5, 5.41) is 0. The zero-order valence-electron chi connectivity index (χ0n) is 14.9. The Morgan fingerprint density at radius 2 is 1.41 bits per heavy atom. The SMILES string of the molecule is COC(=O)C(c1ccc(F)cc1)N1CCN(C(=O)c2ccc(F)cc2)CC1. The van der Waals surface area contributed by atoms with Gasteiger partial charge in [0, 0.05) is 31.7 Å². The molecule has 1 saturated heterocycles. The van der Waals surface area contributed by atoms with E-state index in [0.29, 0.717) is 37.3 Å². The number of amides is 1. The molecule has 0 aliphatic carbocycles. The Hall–Kier alpha value is -2.80. The third-order valence-corrected chi connectivity index (χ3v) is 4.67. The molecular weight excluding hydrogens is 354 g/mol. The summed E-state index contributed by atoms with van der Waals surface area (Å²) in [6.07, 6.45) is 0. The van der Waals surface area contributed by atoms with Crippen LogP contribution in [0.15, 0.2) is 48.5 Å². The molecule has 1 atom stereocenters. The second-order valence-corrected chi connectivity index (χ2v) is 6.31. The number of benzene rings is 2. The number of carbonyl (C=O) groups is 2. The standard InChI is InChI=1S/C20H20F2N2O3/c1-27-20(26)18(14-2-6-16(21)7-3-14)23-10-12-24(13-11-23)19(25)15-4-8-17(22)9-5-15/h2-9,18H,10-13H2,1H3. The Balaban J connectivity index is 1.70. The van der Waals surface area contributed by atoms with Crippen LogP contribution >= 0.6 is 0 Å². The van der Waals surface area contributed by atoms with E-state index >= 15 is 0 Å². The fourth-order valence-corrected chi connectivity index (χ4v) is 3.21. The van der Waals surface area contributed by atoms with Crippen LogP contribution in [0.25, 0.3) is 0 Å². The molecule has 1 aliphatic heterocycles. The third-order valence-electron chi connectivity index (χ3n) is 4.67. The van der Waals surface area contributed by atoms with Gasteiger partial charge < -0.3 is 9.64 Å². The first-order chi connectivity index (χ1) is 13.0. The van der Waals surface area contributed by atoms with Gasteiger partial charge in [0.15, 0.2) is 0 Å². The number of nitrogens with zero attached hydrogens (tertiary/aromatic N) is 2. The van der Waals surface area contributed by atoms with Gasteiger partial charge in [0.2, 0.25) is 0 Å². The second-order valence-electron chi connectivity index (χ2n) is 6.31. The second kappa shape index (κ2) is 8.26. The van der Waals surface area contributed by atoms with Gasteiger partial charge in [0.05, 0.1) is 7.11 Å². The molecule has 5 nitrogen and oxygen atoms in total. The summed E-state index contributed by atoms with van der Waals surface area (Å²) in [7, 11) is 1.31. The maximum atomic E-state index is 13.2. The van der Waals surface area contributed by atoms with Crippen molar-refractivity contribution < 1.29 is 23.1 Å². The topological polar surface area (TPSA) is 49.9 Å². The normalized spacial score (nSPS) is 16.0. The summed E-state index contributed by atoms with van der Waals surface area (Å²) < 4.78 is 31.1. The highest BCUT2D eigenvalue weighted by molar-refractivity contribution is 5.94. The molecule has 0 bridgehead atoms. The van der Waals surface area contributed by atoms with Crippen molar-refractivity contribution in [3.05, 3.63) is 71.3 Å². The highest BCUT2D eigenvalue weighted by atomic mass is 19.1. The zero-order valence-corrected chi connectivity index (χ0v) is 14.9.